The summed E-state index contributed by atoms with van der Waals surface area (Å²) in [7, 11) is 3.20. The SMILES string of the molecule is COc1cc2c(cc1OC)CN(C(=O)COC(=O)C1CCOCC1)CC2. The molecule has 0 aliphatic carbocycles. The normalized spacial score (nSPS) is 17.4. The van der Waals surface area contributed by atoms with Crippen LogP contribution in [-0.4, -0.2) is 57.4 Å². The molecule has 0 saturated carbocycles. The van der Waals surface area contributed by atoms with Crippen LogP contribution in [0.15, 0.2) is 12.1 Å². The highest BCUT2D eigenvalue weighted by atomic mass is 16.5. The van der Waals surface area contributed by atoms with E-state index in [2.05, 4.69) is 0 Å². The Labute approximate surface area is 153 Å². The van der Waals surface area contributed by atoms with Crippen LogP contribution in [0, 0.1) is 5.92 Å². The lowest BCUT2D eigenvalue weighted by Gasteiger charge is -2.29. The predicted octanol–water partition coefficient (Wildman–Crippen LogP) is 1.56. The first-order chi connectivity index (χ1) is 12.6. The third-order valence-corrected chi connectivity index (χ3v) is 4.96. The molecule has 26 heavy (non-hydrogen) atoms. The molecule has 1 aromatic carbocycles. The Kier molecular flexibility index (Phi) is 5.98. The lowest BCUT2D eigenvalue weighted by molar-refractivity contribution is -0.158. The van der Waals surface area contributed by atoms with Gasteiger partial charge in [-0.1, -0.05) is 0 Å². The number of esters is 1. The Morgan fingerprint density at radius 2 is 1.77 bits per heavy atom. The molecule has 0 spiro atoms. The Morgan fingerprint density at radius 1 is 1.12 bits per heavy atom. The Morgan fingerprint density at radius 3 is 2.42 bits per heavy atom. The summed E-state index contributed by atoms with van der Waals surface area (Å²) in [6.45, 7) is 2.00. The van der Waals surface area contributed by atoms with E-state index in [0.717, 1.165) is 17.5 Å². The van der Waals surface area contributed by atoms with Crippen LogP contribution >= 0.6 is 0 Å². The van der Waals surface area contributed by atoms with Crippen LogP contribution in [0.3, 0.4) is 0 Å². The molecule has 0 atom stereocenters. The number of methoxy groups -OCH3 is 2. The number of hydrogen-bond acceptors (Lipinski definition) is 6. The second-order valence-corrected chi connectivity index (χ2v) is 6.54. The van der Waals surface area contributed by atoms with Crippen molar-refractivity contribution in [3.05, 3.63) is 23.3 Å². The fourth-order valence-electron chi connectivity index (χ4n) is 3.37. The molecule has 0 N–H and O–H groups in total. The minimum absolute atomic E-state index is 0.157. The second-order valence-electron chi connectivity index (χ2n) is 6.54. The summed E-state index contributed by atoms with van der Waals surface area (Å²) in [5.41, 5.74) is 2.17. The van der Waals surface area contributed by atoms with Gasteiger partial charge in [-0.25, -0.2) is 0 Å². The fourth-order valence-corrected chi connectivity index (χ4v) is 3.37. The molecule has 2 heterocycles. The van der Waals surface area contributed by atoms with Crippen molar-refractivity contribution in [1.82, 2.24) is 4.90 Å². The molecule has 2 aliphatic heterocycles. The van der Waals surface area contributed by atoms with Crippen LogP contribution < -0.4 is 9.47 Å². The molecular weight excluding hydrogens is 338 g/mol. The van der Waals surface area contributed by atoms with Crippen LogP contribution in [0.25, 0.3) is 0 Å². The number of amides is 1. The zero-order valence-corrected chi connectivity index (χ0v) is 15.3. The Hall–Kier alpha value is -2.28. The molecule has 3 rings (SSSR count). The van der Waals surface area contributed by atoms with Crippen molar-refractivity contribution < 1.29 is 28.5 Å². The zero-order chi connectivity index (χ0) is 18.5. The number of nitrogens with zero attached hydrogens (tertiary/aromatic N) is 1. The summed E-state index contributed by atoms with van der Waals surface area (Å²) < 4.78 is 21.1. The van der Waals surface area contributed by atoms with E-state index in [1.165, 1.54) is 0 Å². The minimum Gasteiger partial charge on any atom is -0.493 e. The van der Waals surface area contributed by atoms with Gasteiger partial charge in [0.05, 0.1) is 20.1 Å². The zero-order valence-electron chi connectivity index (χ0n) is 15.3. The van der Waals surface area contributed by atoms with Crippen molar-refractivity contribution in [3.63, 3.8) is 0 Å². The lowest BCUT2D eigenvalue weighted by atomic mass is 9.98. The Balaban J connectivity index is 1.57. The van der Waals surface area contributed by atoms with E-state index in [0.29, 0.717) is 50.6 Å². The van der Waals surface area contributed by atoms with Crippen LogP contribution in [0.5, 0.6) is 11.5 Å². The summed E-state index contributed by atoms with van der Waals surface area (Å²) in [5, 5.41) is 0. The first-order valence-corrected chi connectivity index (χ1v) is 8.88. The standard InChI is InChI=1S/C19H25NO6/c1-23-16-9-14-3-6-20(11-15(14)10-17(16)24-2)18(21)12-26-19(22)13-4-7-25-8-5-13/h9-10,13H,3-8,11-12H2,1-2H3. The third-order valence-electron chi connectivity index (χ3n) is 4.96. The summed E-state index contributed by atoms with van der Waals surface area (Å²) in [6, 6.07) is 3.86. The number of carbonyl (C=O) groups excluding carboxylic acids is 2. The van der Waals surface area contributed by atoms with Crippen molar-refractivity contribution in [2.75, 3.05) is 40.6 Å². The molecule has 0 aromatic heterocycles. The quantitative estimate of drug-likeness (QED) is 0.739. The van der Waals surface area contributed by atoms with E-state index in [1.807, 2.05) is 12.1 Å². The van der Waals surface area contributed by atoms with Gasteiger partial charge in [0, 0.05) is 26.3 Å². The molecule has 1 saturated heterocycles. The van der Waals surface area contributed by atoms with Crippen LogP contribution in [0.1, 0.15) is 24.0 Å². The first kappa shape index (κ1) is 18.5. The largest absolute Gasteiger partial charge is 0.493 e. The van der Waals surface area contributed by atoms with Gasteiger partial charge in [0.15, 0.2) is 18.1 Å². The van der Waals surface area contributed by atoms with Gasteiger partial charge in [0.25, 0.3) is 5.91 Å². The van der Waals surface area contributed by atoms with Crippen molar-refractivity contribution >= 4 is 11.9 Å². The van der Waals surface area contributed by atoms with Gasteiger partial charge in [0.2, 0.25) is 0 Å². The van der Waals surface area contributed by atoms with E-state index < -0.39 is 0 Å². The Bertz CT molecular complexity index is 668. The van der Waals surface area contributed by atoms with Crippen molar-refractivity contribution in [3.8, 4) is 11.5 Å². The average Bonchev–Trinajstić information content (AvgIpc) is 2.70. The number of hydrogen-bond donors (Lipinski definition) is 0. The van der Waals surface area contributed by atoms with Crippen LogP contribution in [0.2, 0.25) is 0 Å². The second kappa shape index (κ2) is 8.40. The fraction of sp³-hybridized carbons (Fsp3) is 0.579. The highest BCUT2D eigenvalue weighted by Crippen LogP contribution is 2.33. The molecule has 7 nitrogen and oxygen atoms in total. The van der Waals surface area contributed by atoms with Gasteiger partial charge in [-0.05, 0) is 42.5 Å². The van der Waals surface area contributed by atoms with E-state index in [4.69, 9.17) is 18.9 Å². The summed E-state index contributed by atoms with van der Waals surface area (Å²) in [4.78, 5) is 26.2. The minimum atomic E-state index is -0.300. The van der Waals surface area contributed by atoms with E-state index >= 15 is 0 Å². The molecule has 7 heteroatoms. The molecule has 2 aliphatic rings. The topological polar surface area (TPSA) is 74.3 Å². The monoisotopic (exact) mass is 363 g/mol. The highest BCUT2D eigenvalue weighted by molar-refractivity contribution is 5.81. The van der Waals surface area contributed by atoms with E-state index in [1.54, 1.807) is 19.1 Å². The van der Waals surface area contributed by atoms with Crippen LogP contribution in [-0.2, 0) is 32.0 Å². The van der Waals surface area contributed by atoms with Gasteiger partial charge in [0.1, 0.15) is 0 Å². The molecule has 0 unspecified atom stereocenters. The molecule has 1 aromatic rings. The van der Waals surface area contributed by atoms with Gasteiger partial charge >= 0.3 is 5.97 Å². The number of fused-ring (bicyclic) bond motifs is 1. The van der Waals surface area contributed by atoms with Crippen molar-refractivity contribution in [1.29, 1.82) is 0 Å². The van der Waals surface area contributed by atoms with Gasteiger partial charge in [-0.3, -0.25) is 9.59 Å². The molecule has 0 bridgehead atoms. The smallest absolute Gasteiger partial charge is 0.309 e. The summed E-state index contributed by atoms with van der Waals surface area (Å²) in [6.07, 6.45) is 2.05. The highest BCUT2D eigenvalue weighted by Gasteiger charge is 2.26. The van der Waals surface area contributed by atoms with Gasteiger partial charge in [-0.2, -0.15) is 0 Å². The molecule has 0 radical (unpaired) electrons. The lowest BCUT2D eigenvalue weighted by Crippen LogP contribution is -2.39. The maximum atomic E-state index is 12.4. The first-order valence-electron chi connectivity index (χ1n) is 8.88. The number of carbonyl (C=O) groups is 2. The third kappa shape index (κ3) is 4.09. The van der Waals surface area contributed by atoms with Gasteiger partial charge < -0.3 is 23.8 Å². The summed E-state index contributed by atoms with van der Waals surface area (Å²) in [5.74, 6) is 0.703. The molecule has 142 valence electrons. The maximum Gasteiger partial charge on any atom is 0.309 e. The maximum absolute atomic E-state index is 12.4. The number of ether oxygens (including phenoxy) is 4. The number of rotatable bonds is 5. The number of benzene rings is 1. The van der Waals surface area contributed by atoms with E-state index in [9.17, 15) is 9.59 Å². The van der Waals surface area contributed by atoms with E-state index in [-0.39, 0.29) is 24.4 Å². The van der Waals surface area contributed by atoms with Crippen molar-refractivity contribution in [2.24, 2.45) is 5.92 Å². The predicted molar refractivity (Wildman–Crippen MR) is 93.2 cm³/mol. The average molecular weight is 363 g/mol. The van der Waals surface area contributed by atoms with Crippen molar-refractivity contribution in [2.45, 2.75) is 25.8 Å². The van der Waals surface area contributed by atoms with Gasteiger partial charge in [-0.15, -0.1) is 0 Å². The molecular formula is C19H25NO6. The molecule has 1 fully saturated rings. The molecule has 1 amide bonds. The van der Waals surface area contributed by atoms with Crippen LogP contribution in [0.4, 0.5) is 0 Å². The summed E-state index contributed by atoms with van der Waals surface area (Å²) >= 11 is 0.